The van der Waals surface area contributed by atoms with Crippen molar-refractivity contribution in [1.82, 2.24) is 14.9 Å². The topological polar surface area (TPSA) is 50.1 Å². The van der Waals surface area contributed by atoms with E-state index in [1.165, 1.54) is 0 Å². The van der Waals surface area contributed by atoms with Gasteiger partial charge in [0.2, 0.25) is 0 Å². The molecule has 1 atom stereocenters. The number of nitrogens with zero attached hydrogens (tertiary/aromatic N) is 2. The van der Waals surface area contributed by atoms with Gasteiger partial charge >= 0.3 is 0 Å². The Morgan fingerprint density at radius 1 is 1.50 bits per heavy atom. The van der Waals surface area contributed by atoms with Crippen LogP contribution in [0.15, 0.2) is 12.4 Å². The zero-order chi connectivity index (χ0) is 10.6. The molecule has 0 aliphatic rings. The van der Waals surface area contributed by atoms with Crippen LogP contribution in [-0.2, 0) is 13.1 Å². The van der Waals surface area contributed by atoms with Crippen LogP contribution in [0.2, 0.25) is 0 Å². The first-order valence-electron chi connectivity index (χ1n) is 5.01. The van der Waals surface area contributed by atoms with Crippen LogP contribution in [0.25, 0.3) is 0 Å². The molecule has 0 aromatic carbocycles. The normalized spacial score (nSPS) is 13.5. The number of nitrogens with one attached hydrogen (secondary N) is 1. The third-order valence-electron chi connectivity index (χ3n) is 1.93. The zero-order valence-electron chi connectivity index (χ0n) is 9.07. The molecule has 14 heavy (non-hydrogen) atoms. The first-order valence-corrected chi connectivity index (χ1v) is 5.01. The Morgan fingerprint density at radius 3 is 2.79 bits per heavy atom. The smallest absolute Gasteiger partial charge is 0.122 e. The molecule has 0 fully saturated rings. The maximum Gasteiger partial charge on any atom is 0.122 e. The Bertz CT molecular complexity index is 268. The number of aliphatic hydroxyl groups is 1. The summed E-state index contributed by atoms with van der Waals surface area (Å²) in [7, 11) is 0. The molecule has 0 spiro atoms. The van der Waals surface area contributed by atoms with Gasteiger partial charge < -0.3 is 15.0 Å². The highest BCUT2D eigenvalue weighted by atomic mass is 16.3. The minimum atomic E-state index is -0.331. The number of aliphatic hydroxyl groups excluding tert-OH is 1. The molecule has 0 saturated carbocycles. The molecule has 1 aromatic heterocycles. The second-order valence-electron chi connectivity index (χ2n) is 3.88. The third kappa shape index (κ3) is 3.47. The van der Waals surface area contributed by atoms with Crippen molar-refractivity contribution in [2.75, 3.05) is 0 Å². The highest BCUT2D eigenvalue weighted by Crippen LogP contribution is 1.99. The molecule has 0 aliphatic carbocycles. The Morgan fingerprint density at radius 2 is 2.21 bits per heavy atom. The maximum absolute atomic E-state index is 9.26. The van der Waals surface area contributed by atoms with Crippen molar-refractivity contribution in [3.8, 4) is 0 Å². The fourth-order valence-corrected chi connectivity index (χ4v) is 1.25. The molecule has 4 heteroatoms. The van der Waals surface area contributed by atoms with Crippen LogP contribution in [0.4, 0.5) is 0 Å². The van der Waals surface area contributed by atoms with Crippen LogP contribution in [0.5, 0.6) is 0 Å². The highest BCUT2D eigenvalue weighted by molar-refractivity contribution is 4.92. The first-order chi connectivity index (χ1) is 6.59. The summed E-state index contributed by atoms with van der Waals surface area (Å²) < 4.78 is 1.97. The van der Waals surface area contributed by atoms with Gasteiger partial charge in [0.15, 0.2) is 0 Å². The molecule has 2 N–H and O–H groups in total. The molecule has 0 aliphatic heterocycles. The average Bonchev–Trinajstić information content (AvgIpc) is 2.47. The van der Waals surface area contributed by atoms with Crippen LogP contribution >= 0.6 is 0 Å². The van der Waals surface area contributed by atoms with Gasteiger partial charge in [-0.15, -0.1) is 0 Å². The largest absolute Gasteiger partial charge is 0.392 e. The molecule has 0 radical (unpaired) electrons. The Labute approximate surface area is 85.0 Å². The van der Waals surface area contributed by atoms with Crippen LogP contribution in [-0.4, -0.2) is 26.8 Å². The molecule has 0 saturated heterocycles. The molecular weight excluding hydrogens is 178 g/mol. The number of aromatic nitrogens is 2. The fraction of sp³-hybridized carbons (Fsp3) is 0.700. The predicted molar refractivity (Wildman–Crippen MR) is 55.9 cm³/mol. The Hall–Kier alpha value is -0.870. The summed E-state index contributed by atoms with van der Waals surface area (Å²) in [6, 6.07) is 0.451. The summed E-state index contributed by atoms with van der Waals surface area (Å²) in [5, 5.41) is 12.6. The zero-order valence-corrected chi connectivity index (χ0v) is 9.07. The number of hydrogen-bond donors (Lipinski definition) is 2. The van der Waals surface area contributed by atoms with E-state index in [2.05, 4.69) is 24.1 Å². The molecule has 80 valence electrons. The lowest BCUT2D eigenvalue weighted by molar-refractivity contribution is 0.172. The second kappa shape index (κ2) is 5.12. The lowest BCUT2D eigenvalue weighted by Gasteiger charge is -2.11. The van der Waals surface area contributed by atoms with E-state index in [1.54, 1.807) is 13.1 Å². The van der Waals surface area contributed by atoms with Gasteiger partial charge in [0.05, 0.1) is 12.6 Å². The lowest BCUT2D eigenvalue weighted by atomic mass is 10.3. The van der Waals surface area contributed by atoms with Crippen molar-refractivity contribution in [1.29, 1.82) is 0 Å². The van der Waals surface area contributed by atoms with Crippen LogP contribution in [0, 0.1) is 0 Å². The lowest BCUT2D eigenvalue weighted by Crippen LogP contribution is -2.25. The highest BCUT2D eigenvalue weighted by Gasteiger charge is 2.05. The van der Waals surface area contributed by atoms with Crippen LogP contribution in [0.3, 0.4) is 0 Å². The number of rotatable bonds is 5. The Balaban J connectivity index is 2.53. The molecule has 0 amide bonds. The molecule has 1 heterocycles. The van der Waals surface area contributed by atoms with E-state index < -0.39 is 0 Å². The van der Waals surface area contributed by atoms with Gasteiger partial charge in [-0.2, -0.15) is 0 Å². The second-order valence-corrected chi connectivity index (χ2v) is 3.88. The van der Waals surface area contributed by atoms with Gasteiger partial charge in [-0.25, -0.2) is 4.98 Å². The van der Waals surface area contributed by atoms with Crippen LogP contribution < -0.4 is 5.32 Å². The van der Waals surface area contributed by atoms with E-state index in [4.69, 9.17) is 0 Å². The monoisotopic (exact) mass is 197 g/mol. The quantitative estimate of drug-likeness (QED) is 0.732. The van der Waals surface area contributed by atoms with Crippen molar-refractivity contribution >= 4 is 0 Å². The van der Waals surface area contributed by atoms with E-state index in [0.717, 1.165) is 12.4 Å². The van der Waals surface area contributed by atoms with Crippen molar-refractivity contribution in [2.45, 2.75) is 46.0 Å². The summed E-state index contributed by atoms with van der Waals surface area (Å²) in [5.74, 6) is 0.972. The molecule has 1 unspecified atom stereocenters. The Kier molecular flexibility index (Phi) is 4.10. The van der Waals surface area contributed by atoms with Crippen molar-refractivity contribution in [3.63, 3.8) is 0 Å². The summed E-state index contributed by atoms with van der Waals surface area (Å²) in [6.07, 6.45) is 3.33. The van der Waals surface area contributed by atoms with Gasteiger partial charge in [0.25, 0.3) is 0 Å². The predicted octanol–water partition coefficient (Wildman–Crippen LogP) is 0.762. The first kappa shape index (κ1) is 11.2. The standard InChI is InChI=1S/C10H19N3O/c1-8(2)12-6-10-11-4-5-13(10)7-9(3)14/h4-5,8-9,12,14H,6-7H2,1-3H3. The SMILES string of the molecule is CC(O)Cn1ccnc1CNC(C)C. The summed E-state index contributed by atoms with van der Waals surface area (Å²) in [6.45, 7) is 7.33. The van der Waals surface area contributed by atoms with E-state index in [9.17, 15) is 5.11 Å². The molecule has 0 bridgehead atoms. The van der Waals surface area contributed by atoms with Gasteiger partial charge in [-0.05, 0) is 6.92 Å². The van der Waals surface area contributed by atoms with E-state index in [1.807, 2.05) is 10.8 Å². The van der Waals surface area contributed by atoms with Crippen molar-refractivity contribution in [2.24, 2.45) is 0 Å². The van der Waals surface area contributed by atoms with Gasteiger partial charge in [0.1, 0.15) is 5.82 Å². The third-order valence-corrected chi connectivity index (χ3v) is 1.93. The van der Waals surface area contributed by atoms with E-state index >= 15 is 0 Å². The van der Waals surface area contributed by atoms with Gasteiger partial charge in [-0.3, -0.25) is 0 Å². The fourth-order valence-electron chi connectivity index (χ4n) is 1.25. The minimum Gasteiger partial charge on any atom is -0.392 e. The van der Waals surface area contributed by atoms with E-state index in [0.29, 0.717) is 12.6 Å². The van der Waals surface area contributed by atoms with E-state index in [-0.39, 0.29) is 6.10 Å². The minimum absolute atomic E-state index is 0.331. The average molecular weight is 197 g/mol. The van der Waals surface area contributed by atoms with Gasteiger partial charge in [0, 0.05) is 25.0 Å². The van der Waals surface area contributed by atoms with Gasteiger partial charge in [-0.1, -0.05) is 13.8 Å². The number of hydrogen-bond acceptors (Lipinski definition) is 3. The molecular formula is C10H19N3O. The van der Waals surface area contributed by atoms with Crippen molar-refractivity contribution in [3.05, 3.63) is 18.2 Å². The maximum atomic E-state index is 9.26. The summed E-state index contributed by atoms with van der Waals surface area (Å²) in [4.78, 5) is 4.23. The summed E-state index contributed by atoms with van der Waals surface area (Å²) in [5.41, 5.74) is 0. The molecule has 1 aromatic rings. The number of imidazole rings is 1. The summed E-state index contributed by atoms with van der Waals surface area (Å²) >= 11 is 0. The van der Waals surface area contributed by atoms with Crippen LogP contribution in [0.1, 0.15) is 26.6 Å². The molecule has 4 nitrogen and oxygen atoms in total. The van der Waals surface area contributed by atoms with Crippen molar-refractivity contribution < 1.29 is 5.11 Å². The molecule has 1 rings (SSSR count).